The van der Waals surface area contributed by atoms with Crippen LogP contribution >= 0.6 is 0 Å². The molecule has 1 atom stereocenters. The number of carbonyl (C=O) groups is 2. The lowest BCUT2D eigenvalue weighted by atomic mass is 9.75. The van der Waals surface area contributed by atoms with E-state index < -0.39 is 23.0 Å². The average molecular weight is 203 g/mol. The highest BCUT2D eigenvalue weighted by Gasteiger charge is 2.46. The standard InChI is InChI=1S/C9H17NO4/c1-8(2,3)9(4,6(11)12)10-7(13)14-5/h1-5H3,(H,10,13)(H,11,12)/t9-/m0/s1. The van der Waals surface area contributed by atoms with Crippen molar-refractivity contribution in [3.05, 3.63) is 0 Å². The zero-order valence-electron chi connectivity index (χ0n) is 9.17. The number of alkyl carbamates (subject to hydrolysis) is 1. The molecule has 0 aliphatic rings. The van der Waals surface area contributed by atoms with Crippen molar-refractivity contribution in [2.45, 2.75) is 33.2 Å². The summed E-state index contributed by atoms with van der Waals surface area (Å²) >= 11 is 0. The van der Waals surface area contributed by atoms with Crippen molar-refractivity contribution in [3.8, 4) is 0 Å². The first kappa shape index (κ1) is 12.7. The Morgan fingerprint density at radius 2 is 1.64 bits per heavy atom. The monoisotopic (exact) mass is 203 g/mol. The molecule has 5 heteroatoms. The third kappa shape index (κ3) is 2.37. The van der Waals surface area contributed by atoms with Crippen LogP contribution in [0.5, 0.6) is 0 Å². The molecule has 0 saturated carbocycles. The molecule has 0 bridgehead atoms. The van der Waals surface area contributed by atoms with Crippen LogP contribution in [0, 0.1) is 5.41 Å². The van der Waals surface area contributed by atoms with Gasteiger partial charge in [0, 0.05) is 0 Å². The number of hydrogen-bond donors (Lipinski definition) is 2. The molecule has 1 amide bonds. The highest BCUT2D eigenvalue weighted by molar-refractivity contribution is 5.84. The van der Waals surface area contributed by atoms with Gasteiger partial charge >= 0.3 is 12.1 Å². The summed E-state index contributed by atoms with van der Waals surface area (Å²) in [4.78, 5) is 22.0. The lowest BCUT2D eigenvalue weighted by molar-refractivity contribution is -0.148. The second kappa shape index (κ2) is 3.86. The van der Waals surface area contributed by atoms with E-state index in [2.05, 4.69) is 10.1 Å². The zero-order valence-corrected chi connectivity index (χ0v) is 9.17. The molecular weight excluding hydrogens is 186 g/mol. The van der Waals surface area contributed by atoms with Crippen molar-refractivity contribution >= 4 is 12.1 Å². The Labute approximate surface area is 83.4 Å². The van der Waals surface area contributed by atoms with E-state index in [1.807, 2.05) is 0 Å². The van der Waals surface area contributed by atoms with E-state index in [0.29, 0.717) is 0 Å². The van der Waals surface area contributed by atoms with Gasteiger partial charge in [-0.3, -0.25) is 0 Å². The summed E-state index contributed by atoms with van der Waals surface area (Å²) in [6, 6.07) is 0. The number of nitrogens with one attached hydrogen (secondary N) is 1. The number of carbonyl (C=O) groups excluding carboxylic acids is 1. The summed E-state index contributed by atoms with van der Waals surface area (Å²) in [5.74, 6) is -1.09. The van der Waals surface area contributed by atoms with E-state index in [-0.39, 0.29) is 0 Å². The number of ether oxygens (including phenoxy) is 1. The molecule has 2 N–H and O–H groups in total. The number of hydrogen-bond acceptors (Lipinski definition) is 3. The van der Waals surface area contributed by atoms with Crippen molar-refractivity contribution in [2.75, 3.05) is 7.11 Å². The lowest BCUT2D eigenvalue weighted by Gasteiger charge is -2.37. The summed E-state index contributed by atoms with van der Waals surface area (Å²) in [5, 5.41) is 11.4. The normalized spacial score (nSPS) is 15.5. The van der Waals surface area contributed by atoms with Gasteiger partial charge in [-0.15, -0.1) is 0 Å². The molecule has 0 aromatic heterocycles. The van der Waals surface area contributed by atoms with Crippen LogP contribution in [0.15, 0.2) is 0 Å². The summed E-state index contributed by atoms with van der Waals surface area (Å²) < 4.78 is 4.38. The predicted octanol–water partition coefficient (Wildman–Crippen LogP) is 1.23. The van der Waals surface area contributed by atoms with Crippen LogP contribution < -0.4 is 5.32 Å². The molecule has 0 aliphatic carbocycles. The molecule has 0 aromatic rings. The number of aliphatic carboxylic acids is 1. The van der Waals surface area contributed by atoms with Crippen LogP contribution in [-0.4, -0.2) is 29.8 Å². The minimum Gasteiger partial charge on any atom is -0.479 e. The Hall–Kier alpha value is -1.26. The Morgan fingerprint density at radius 3 is 1.86 bits per heavy atom. The van der Waals surface area contributed by atoms with Crippen LogP contribution in [-0.2, 0) is 9.53 Å². The molecule has 0 spiro atoms. The van der Waals surface area contributed by atoms with E-state index in [1.165, 1.54) is 14.0 Å². The number of carboxylic acid groups (broad SMARTS) is 1. The predicted molar refractivity (Wildman–Crippen MR) is 51.0 cm³/mol. The molecule has 0 fully saturated rings. The molecule has 0 rings (SSSR count). The Morgan fingerprint density at radius 1 is 1.21 bits per heavy atom. The number of rotatable bonds is 2. The maximum Gasteiger partial charge on any atom is 0.407 e. The fraction of sp³-hybridized carbons (Fsp3) is 0.778. The first-order chi connectivity index (χ1) is 6.15. The Balaban J connectivity index is 4.93. The van der Waals surface area contributed by atoms with Crippen molar-refractivity contribution in [2.24, 2.45) is 5.41 Å². The average Bonchev–Trinajstić information content (AvgIpc) is 2.01. The van der Waals surface area contributed by atoms with Crippen LogP contribution in [0.25, 0.3) is 0 Å². The molecule has 5 nitrogen and oxygen atoms in total. The van der Waals surface area contributed by atoms with Gasteiger partial charge in [0.15, 0.2) is 0 Å². The molecule has 82 valence electrons. The lowest BCUT2D eigenvalue weighted by Crippen LogP contribution is -2.60. The zero-order chi connectivity index (χ0) is 11.6. The third-order valence-electron chi connectivity index (χ3n) is 2.47. The molecule has 0 aromatic carbocycles. The van der Waals surface area contributed by atoms with Gasteiger partial charge in [0.05, 0.1) is 7.11 Å². The van der Waals surface area contributed by atoms with Gasteiger partial charge in [-0.25, -0.2) is 9.59 Å². The number of amides is 1. The van der Waals surface area contributed by atoms with Crippen molar-refractivity contribution in [3.63, 3.8) is 0 Å². The second-order valence-corrected chi connectivity index (χ2v) is 4.30. The molecular formula is C9H17NO4. The fourth-order valence-electron chi connectivity index (χ4n) is 0.817. The van der Waals surface area contributed by atoms with Gasteiger partial charge in [-0.1, -0.05) is 20.8 Å². The Kier molecular flexibility index (Phi) is 3.51. The first-order valence-electron chi connectivity index (χ1n) is 4.24. The maximum absolute atomic E-state index is 11.0. The molecule has 0 radical (unpaired) electrons. The smallest absolute Gasteiger partial charge is 0.407 e. The van der Waals surface area contributed by atoms with Gasteiger partial charge < -0.3 is 15.2 Å². The topological polar surface area (TPSA) is 75.6 Å². The third-order valence-corrected chi connectivity index (χ3v) is 2.47. The van der Waals surface area contributed by atoms with Crippen LogP contribution in [0.1, 0.15) is 27.7 Å². The van der Waals surface area contributed by atoms with Crippen molar-refractivity contribution < 1.29 is 19.4 Å². The second-order valence-electron chi connectivity index (χ2n) is 4.30. The summed E-state index contributed by atoms with van der Waals surface area (Å²) in [6.07, 6.45) is -0.746. The summed E-state index contributed by atoms with van der Waals surface area (Å²) in [5.41, 5.74) is -1.95. The minimum atomic E-state index is -1.35. The van der Waals surface area contributed by atoms with E-state index in [9.17, 15) is 9.59 Å². The Bertz CT molecular complexity index is 244. The highest BCUT2D eigenvalue weighted by atomic mass is 16.5. The molecule has 14 heavy (non-hydrogen) atoms. The van der Waals surface area contributed by atoms with Crippen molar-refractivity contribution in [1.82, 2.24) is 5.32 Å². The van der Waals surface area contributed by atoms with Crippen LogP contribution in [0.2, 0.25) is 0 Å². The molecule has 0 heterocycles. The molecule has 0 aliphatic heterocycles. The van der Waals surface area contributed by atoms with E-state index in [4.69, 9.17) is 5.11 Å². The summed E-state index contributed by atoms with van der Waals surface area (Å²) in [6.45, 7) is 6.65. The van der Waals surface area contributed by atoms with Crippen LogP contribution in [0.3, 0.4) is 0 Å². The van der Waals surface area contributed by atoms with Gasteiger partial charge in [0.25, 0.3) is 0 Å². The summed E-state index contributed by atoms with van der Waals surface area (Å²) in [7, 11) is 1.19. The van der Waals surface area contributed by atoms with E-state index >= 15 is 0 Å². The molecule has 0 saturated heterocycles. The molecule has 0 unspecified atom stereocenters. The van der Waals surface area contributed by atoms with Crippen molar-refractivity contribution in [1.29, 1.82) is 0 Å². The van der Waals surface area contributed by atoms with E-state index in [1.54, 1.807) is 20.8 Å². The van der Waals surface area contributed by atoms with Gasteiger partial charge in [0.2, 0.25) is 0 Å². The SMILES string of the molecule is COC(=O)N[C@@](C)(C(=O)O)C(C)(C)C. The van der Waals surface area contributed by atoms with Gasteiger partial charge in [-0.05, 0) is 12.3 Å². The number of methoxy groups -OCH3 is 1. The first-order valence-corrected chi connectivity index (χ1v) is 4.24. The maximum atomic E-state index is 11.0. The fourth-order valence-corrected chi connectivity index (χ4v) is 0.817. The quantitative estimate of drug-likeness (QED) is 0.707. The highest BCUT2D eigenvalue weighted by Crippen LogP contribution is 2.30. The van der Waals surface area contributed by atoms with E-state index in [0.717, 1.165) is 0 Å². The minimum absolute atomic E-state index is 0.604. The van der Waals surface area contributed by atoms with Crippen LogP contribution in [0.4, 0.5) is 4.79 Å². The van der Waals surface area contributed by atoms with Gasteiger partial charge in [-0.2, -0.15) is 0 Å². The van der Waals surface area contributed by atoms with Gasteiger partial charge in [0.1, 0.15) is 5.54 Å². The largest absolute Gasteiger partial charge is 0.479 e. The number of carboxylic acids is 1.